The van der Waals surface area contributed by atoms with Crippen LogP contribution in [0, 0.1) is 0 Å². The molecule has 126 valence electrons. The molecule has 6 nitrogen and oxygen atoms in total. The van der Waals surface area contributed by atoms with Crippen LogP contribution in [0.25, 0.3) is 0 Å². The summed E-state index contributed by atoms with van der Waals surface area (Å²) in [5.41, 5.74) is 6.39. The van der Waals surface area contributed by atoms with Gasteiger partial charge in [0.15, 0.2) is 0 Å². The number of hydrogen-bond donors (Lipinski definition) is 3. The van der Waals surface area contributed by atoms with Gasteiger partial charge in [0.25, 0.3) is 5.91 Å². The first-order valence-corrected chi connectivity index (χ1v) is 8.21. The molecule has 1 aromatic rings. The third kappa shape index (κ3) is 3.59. The highest BCUT2D eigenvalue weighted by Crippen LogP contribution is 2.25. The fourth-order valence-corrected chi connectivity index (χ4v) is 2.85. The molecule has 1 fully saturated rings. The molecule has 23 heavy (non-hydrogen) atoms. The van der Waals surface area contributed by atoms with Crippen molar-refractivity contribution in [3.63, 3.8) is 0 Å². The van der Waals surface area contributed by atoms with Crippen LogP contribution in [0.1, 0.15) is 37.0 Å². The Labute approximate surface area is 141 Å². The summed E-state index contributed by atoms with van der Waals surface area (Å²) >= 11 is 6.18. The summed E-state index contributed by atoms with van der Waals surface area (Å²) in [6.07, 6.45) is 1.47. The lowest BCUT2D eigenvalue weighted by molar-refractivity contribution is 0.0895. The van der Waals surface area contributed by atoms with E-state index in [0.29, 0.717) is 35.9 Å². The Morgan fingerprint density at radius 3 is 2.65 bits per heavy atom. The van der Waals surface area contributed by atoms with E-state index in [1.807, 2.05) is 13.8 Å². The summed E-state index contributed by atoms with van der Waals surface area (Å²) in [5.74, 6) is -0.273. The Morgan fingerprint density at radius 2 is 2.13 bits per heavy atom. The molecule has 0 aliphatic carbocycles. The van der Waals surface area contributed by atoms with Gasteiger partial charge in [0.2, 0.25) is 0 Å². The summed E-state index contributed by atoms with van der Waals surface area (Å²) in [5, 5.41) is 6.08. The number of benzene rings is 1. The second-order valence-corrected chi connectivity index (χ2v) is 6.10. The van der Waals surface area contributed by atoms with Crippen LogP contribution in [0.3, 0.4) is 0 Å². The highest BCUT2D eigenvalue weighted by molar-refractivity contribution is 6.34. The maximum absolute atomic E-state index is 12.6. The zero-order chi connectivity index (χ0) is 17.0. The molecule has 0 radical (unpaired) electrons. The minimum absolute atomic E-state index is 0.169. The third-order valence-electron chi connectivity index (χ3n) is 4.49. The van der Waals surface area contributed by atoms with Gasteiger partial charge in [-0.2, -0.15) is 0 Å². The molecular formula is C16H23ClN4O2. The molecule has 0 unspecified atom stereocenters. The predicted molar refractivity (Wildman–Crippen MR) is 92.0 cm³/mol. The fraction of sp³-hybridized carbons (Fsp3) is 0.500. The van der Waals surface area contributed by atoms with Crippen molar-refractivity contribution in [3.8, 4) is 0 Å². The van der Waals surface area contributed by atoms with Crippen LogP contribution in [-0.4, -0.2) is 37.1 Å². The van der Waals surface area contributed by atoms with Crippen molar-refractivity contribution in [3.05, 3.63) is 28.8 Å². The highest BCUT2D eigenvalue weighted by atomic mass is 35.5. The summed E-state index contributed by atoms with van der Waals surface area (Å²) in [4.78, 5) is 26.0. The van der Waals surface area contributed by atoms with Crippen LogP contribution in [0.4, 0.5) is 10.5 Å². The van der Waals surface area contributed by atoms with Gasteiger partial charge in [-0.1, -0.05) is 25.4 Å². The van der Waals surface area contributed by atoms with Gasteiger partial charge in [-0.25, -0.2) is 4.79 Å². The molecular weight excluding hydrogens is 316 g/mol. The minimum Gasteiger partial charge on any atom is -0.345 e. The zero-order valence-electron chi connectivity index (χ0n) is 13.5. The minimum atomic E-state index is -0.443. The van der Waals surface area contributed by atoms with Crippen LogP contribution < -0.4 is 21.3 Å². The molecule has 1 aromatic carbocycles. The van der Waals surface area contributed by atoms with Gasteiger partial charge in [-0.3, -0.25) is 9.69 Å². The van der Waals surface area contributed by atoms with E-state index in [1.54, 1.807) is 23.1 Å². The van der Waals surface area contributed by atoms with Gasteiger partial charge in [0.05, 0.1) is 16.1 Å². The number of urea groups is 1. The number of anilines is 1. The Bertz CT molecular complexity index is 593. The van der Waals surface area contributed by atoms with Crippen molar-refractivity contribution in [1.82, 2.24) is 10.6 Å². The Balaban J connectivity index is 2.28. The quantitative estimate of drug-likeness (QED) is 0.742. The molecule has 4 N–H and O–H groups in total. The first-order chi connectivity index (χ1) is 11.0. The standard InChI is InChI=1S/C16H23ClN4O2/c1-3-16(4-2,10-18)20-14(22)12-9-11(5-6-13(12)17)21-8-7-19-15(21)23/h5-6,9H,3-4,7-8,10,18H2,1-2H3,(H,19,23)(H,20,22). The van der Waals surface area contributed by atoms with Gasteiger partial charge in [-0.15, -0.1) is 0 Å². The van der Waals surface area contributed by atoms with Crippen molar-refractivity contribution in [2.24, 2.45) is 5.73 Å². The lowest BCUT2D eigenvalue weighted by atomic mass is 9.92. The Kier molecular flexibility index (Phi) is 5.49. The lowest BCUT2D eigenvalue weighted by Gasteiger charge is -2.31. The van der Waals surface area contributed by atoms with Gasteiger partial charge in [0.1, 0.15) is 0 Å². The second-order valence-electron chi connectivity index (χ2n) is 5.69. The number of halogens is 1. The van der Waals surface area contributed by atoms with Crippen molar-refractivity contribution in [2.45, 2.75) is 32.2 Å². The monoisotopic (exact) mass is 338 g/mol. The van der Waals surface area contributed by atoms with E-state index in [-0.39, 0.29) is 11.9 Å². The fourth-order valence-electron chi connectivity index (χ4n) is 2.65. The molecule has 2 rings (SSSR count). The number of amides is 3. The average molecular weight is 339 g/mol. The van der Waals surface area contributed by atoms with Crippen LogP contribution in [0.2, 0.25) is 5.02 Å². The second kappa shape index (κ2) is 7.19. The Hall–Kier alpha value is -1.79. The van der Waals surface area contributed by atoms with Crippen LogP contribution in [0.15, 0.2) is 18.2 Å². The van der Waals surface area contributed by atoms with Gasteiger partial charge >= 0.3 is 6.03 Å². The molecule has 0 aromatic heterocycles. The maximum Gasteiger partial charge on any atom is 0.321 e. The normalized spacial score (nSPS) is 14.8. The van der Waals surface area contributed by atoms with Gasteiger partial charge < -0.3 is 16.4 Å². The molecule has 1 aliphatic rings. The van der Waals surface area contributed by atoms with Crippen LogP contribution >= 0.6 is 11.6 Å². The first kappa shape index (κ1) is 17.6. The number of hydrogen-bond acceptors (Lipinski definition) is 3. The highest BCUT2D eigenvalue weighted by Gasteiger charge is 2.28. The van der Waals surface area contributed by atoms with Crippen molar-refractivity contribution < 1.29 is 9.59 Å². The molecule has 7 heteroatoms. The van der Waals surface area contributed by atoms with E-state index in [2.05, 4.69) is 10.6 Å². The smallest absolute Gasteiger partial charge is 0.321 e. The van der Waals surface area contributed by atoms with Crippen LogP contribution in [-0.2, 0) is 0 Å². The van der Waals surface area contributed by atoms with E-state index < -0.39 is 5.54 Å². The molecule has 0 saturated carbocycles. The molecule has 0 atom stereocenters. The summed E-state index contributed by atoms with van der Waals surface area (Å²) in [7, 11) is 0. The van der Waals surface area contributed by atoms with Crippen molar-refractivity contribution >= 4 is 29.2 Å². The van der Waals surface area contributed by atoms with Gasteiger partial charge in [-0.05, 0) is 31.0 Å². The molecule has 1 saturated heterocycles. The largest absolute Gasteiger partial charge is 0.345 e. The predicted octanol–water partition coefficient (Wildman–Crippen LogP) is 2.12. The van der Waals surface area contributed by atoms with E-state index in [4.69, 9.17) is 17.3 Å². The van der Waals surface area contributed by atoms with Crippen LogP contribution in [0.5, 0.6) is 0 Å². The average Bonchev–Trinajstić information content (AvgIpc) is 2.99. The first-order valence-electron chi connectivity index (χ1n) is 7.84. The van der Waals surface area contributed by atoms with E-state index in [1.165, 1.54) is 0 Å². The number of carbonyl (C=O) groups is 2. The van der Waals surface area contributed by atoms with E-state index >= 15 is 0 Å². The van der Waals surface area contributed by atoms with Crippen molar-refractivity contribution in [1.29, 1.82) is 0 Å². The molecule has 3 amide bonds. The molecule has 0 spiro atoms. The summed E-state index contributed by atoms with van der Waals surface area (Å²) in [6.45, 7) is 5.49. The summed E-state index contributed by atoms with van der Waals surface area (Å²) < 4.78 is 0. The Morgan fingerprint density at radius 1 is 1.43 bits per heavy atom. The summed E-state index contributed by atoms with van der Waals surface area (Å²) in [6, 6.07) is 4.85. The number of nitrogens with two attached hydrogens (primary N) is 1. The zero-order valence-corrected chi connectivity index (χ0v) is 14.2. The number of nitrogens with zero attached hydrogens (tertiary/aromatic N) is 1. The topological polar surface area (TPSA) is 87.5 Å². The number of rotatable bonds is 6. The van der Waals surface area contributed by atoms with Crippen molar-refractivity contribution in [2.75, 3.05) is 24.5 Å². The van der Waals surface area contributed by atoms with E-state index in [0.717, 1.165) is 12.8 Å². The molecule has 0 bridgehead atoms. The third-order valence-corrected chi connectivity index (χ3v) is 4.82. The SMILES string of the molecule is CCC(CC)(CN)NC(=O)c1cc(N2CCNC2=O)ccc1Cl. The molecule has 1 aliphatic heterocycles. The van der Waals surface area contributed by atoms with E-state index in [9.17, 15) is 9.59 Å². The maximum atomic E-state index is 12.6. The lowest BCUT2D eigenvalue weighted by Crippen LogP contribution is -2.52. The molecule has 1 heterocycles. The van der Waals surface area contributed by atoms with Gasteiger partial charge in [0, 0.05) is 25.3 Å². The number of nitrogens with one attached hydrogen (secondary N) is 2. The number of carbonyl (C=O) groups excluding carboxylic acids is 2.